The Morgan fingerprint density at radius 3 is 2.07 bits per heavy atom. The molecule has 0 amide bonds. The van der Waals surface area contributed by atoms with Crippen molar-refractivity contribution in [1.29, 1.82) is 0 Å². The fraction of sp³-hybridized carbons (Fsp3) is 0.273. The van der Waals surface area contributed by atoms with Crippen LogP contribution < -0.4 is 0 Å². The molecule has 0 atom stereocenters. The highest BCUT2D eigenvalue weighted by atomic mass is 35.5. The maximum absolute atomic E-state index is 6.05. The molecule has 0 radical (unpaired) electrons. The van der Waals surface area contributed by atoms with E-state index in [0.29, 0.717) is 20.1 Å². The highest BCUT2D eigenvalue weighted by molar-refractivity contribution is 6.48. The van der Waals surface area contributed by atoms with Crippen LogP contribution in [0.3, 0.4) is 0 Å². The van der Waals surface area contributed by atoms with Crippen molar-refractivity contribution >= 4 is 46.4 Å². The van der Waals surface area contributed by atoms with Crippen LogP contribution in [-0.2, 0) is 6.42 Å². The maximum atomic E-state index is 6.05. The first-order valence-corrected chi connectivity index (χ1v) is 6.02. The summed E-state index contributed by atoms with van der Waals surface area (Å²) in [5.41, 5.74) is 0.814. The third-order valence-electron chi connectivity index (χ3n) is 2.00. The molecule has 0 nitrogen and oxygen atoms in total. The van der Waals surface area contributed by atoms with Gasteiger partial charge in [0.1, 0.15) is 0 Å². The van der Waals surface area contributed by atoms with Gasteiger partial charge >= 0.3 is 0 Å². The zero-order valence-electron chi connectivity index (χ0n) is 8.16. The highest BCUT2D eigenvalue weighted by Crippen LogP contribution is 2.37. The number of hydrogen-bond acceptors (Lipinski definition) is 0. The van der Waals surface area contributed by atoms with Gasteiger partial charge in [0.15, 0.2) is 0 Å². The summed E-state index contributed by atoms with van der Waals surface area (Å²) in [6.45, 7) is 1.97. The molecule has 0 aromatic heterocycles. The van der Waals surface area contributed by atoms with Gasteiger partial charge in [-0.15, -0.1) is 0 Å². The number of hydrogen-bond donors (Lipinski definition) is 0. The monoisotopic (exact) mass is 282 g/mol. The lowest BCUT2D eigenvalue weighted by molar-refractivity contribution is 1.000. The number of halogens is 4. The average Bonchev–Trinajstić information content (AvgIpc) is 2.20. The van der Waals surface area contributed by atoms with Crippen LogP contribution >= 0.6 is 46.4 Å². The summed E-state index contributed by atoms with van der Waals surface area (Å²) < 4.78 is 0. The van der Waals surface area contributed by atoms with Crippen LogP contribution in [0.15, 0.2) is 18.2 Å². The Balaban J connectivity index is 3.04. The minimum Gasteiger partial charge on any atom is -0.0917 e. The molecule has 0 N–H and O–H groups in total. The molecule has 0 aliphatic heterocycles. The lowest BCUT2D eigenvalue weighted by atomic mass is 10.1. The van der Waals surface area contributed by atoms with Crippen molar-refractivity contribution in [2.45, 2.75) is 19.8 Å². The van der Waals surface area contributed by atoms with E-state index in [1.54, 1.807) is 6.07 Å². The minimum atomic E-state index is 0.446. The molecule has 1 aromatic carbocycles. The molecule has 0 fully saturated rings. The van der Waals surface area contributed by atoms with E-state index in [1.165, 1.54) is 0 Å². The molecule has 0 bridgehead atoms. The summed E-state index contributed by atoms with van der Waals surface area (Å²) in [4.78, 5) is 0. The molecule has 1 rings (SSSR count). The Labute approximate surface area is 110 Å². The molecular formula is C11H10Cl4. The molecule has 4 heteroatoms. The van der Waals surface area contributed by atoms with Crippen LogP contribution in [0.2, 0.25) is 20.1 Å². The van der Waals surface area contributed by atoms with Crippen LogP contribution in [0.25, 0.3) is 0 Å². The zero-order chi connectivity index (χ0) is 11.4. The number of benzene rings is 1. The van der Waals surface area contributed by atoms with Gasteiger partial charge in [-0.05, 0) is 31.4 Å². The Morgan fingerprint density at radius 2 is 1.60 bits per heavy atom. The molecule has 0 aliphatic carbocycles. The van der Waals surface area contributed by atoms with Crippen LogP contribution in [0.4, 0.5) is 0 Å². The van der Waals surface area contributed by atoms with Crippen LogP contribution in [0, 0.1) is 0 Å². The van der Waals surface area contributed by atoms with E-state index in [-0.39, 0.29) is 0 Å². The molecule has 0 aliphatic rings. The van der Waals surface area contributed by atoms with Crippen molar-refractivity contribution in [1.82, 2.24) is 0 Å². The van der Waals surface area contributed by atoms with Gasteiger partial charge in [-0.3, -0.25) is 0 Å². The standard InChI is InChI=1S/C11H10Cl4/c1-2-3-4-5-7-10(14)8(12)6-9(13)11(7)15/h2-3,6H,4-5H2,1H3/b3-2-. The predicted octanol–water partition coefficient (Wildman–Crippen LogP) is 5.81. The second-order valence-electron chi connectivity index (χ2n) is 3.05. The SMILES string of the molecule is C/C=C\CCc1c(Cl)c(Cl)cc(Cl)c1Cl. The van der Waals surface area contributed by atoms with Crippen molar-refractivity contribution in [2.24, 2.45) is 0 Å². The van der Waals surface area contributed by atoms with Crippen molar-refractivity contribution in [3.63, 3.8) is 0 Å². The van der Waals surface area contributed by atoms with Gasteiger partial charge in [0.25, 0.3) is 0 Å². The molecular weight excluding hydrogens is 274 g/mol. The first kappa shape index (κ1) is 13.2. The lowest BCUT2D eigenvalue weighted by Gasteiger charge is -2.08. The molecule has 15 heavy (non-hydrogen) atoms. The maximum Gasteiger partial charge on any atom is 0.0640 e. The minimum absolute atomic E-state index is 0.446. The normalized spacial score (nSPS) is 11.3. The van der Waals surface area contributed by atoms with E-state index in [9.17, 15) is 0 Å². The Kier molecular flexibility index (Phi) is 5.28. The summed E-state index contributed by atoms with van der Waals surface area (Å²) in [6.07, 6.45) is 5.63. The third kappa shape index (κ3) is 3.29. The Hall–Kier alpha value is 0.120. The van der Waals surface area contributed by atoms with Gasteiger partial charge in [0.2, 0.25) is 0 Å². The fourth-order valence-electron chi connectivity index (χ4n) is 1.24. The molecule has 0 saturated heterocycles. The summed E-state index contributed by atoms with van der Waals surface area (Å²) in [6, 6.07) is 1.56. The van der Waals surface area contributed by atoms with E-state index >= 15 is 0 Å². The van der Waals surface area contributed by atoms with Crippen molar-refractivity contribution < 1.29 is 0 Å². The summed E-state index contributed by atoms with van der Waals surface area (Å²) in [7, 11) is 0. The smallest absolute Gasteiger partial charge is 0.0640 e. The molecule has 0 spiro atoms. The molecule has 1 aromatic rings. The van der Waals surface area contributed by atoms with E-state index in [0.717, 1.165) is 18.4 Å². The second kappa shape index (κ2) is 6.00. The molecule has 82 valence electrons. The Morgan fingerprint density at radius 1 is 1.07 bits per heavy atom. The lowest BCUT2D eigenvalue weighted by Crippen LogP contribution is -1.89. The summed E-state index contributed by atoms with van der Waals surface area (Å²) >= 11 is 23.9. The predicted molar refractivity (Wildman–Crippen MR) is 69.6 cm³/mol. The Bertz CT molecular complexity index is 356. The molecule has 0 heterocycles. The van der Waals surface area contributed by atoms with Crippen molar-refractivity contribution in [2.75, 3.05) is 0 Å². The quantitative estimate of drug-likeness (QED) is 0.485. The fourth-order valence-corrected chi connectivity index (χ4v) is 2.27. The molecule has 0 saturated carbocycles. The van der Waals surface area contributed by atoms with Crippen molar-refractivity contribution in [3.05, 3.63) is 43.9 Å². The second-order valence-corrected chi connectivity index (χ2v) is 4.62. The number of rotatable bonds is 3. The average molecular weight is 284 g/mol. The number of allylic oxidation sites excluding steroid dienone is 2. The van der Waals surface area contributed by atoms with E-state index in [1.807, 2.05) is 19.1 Å². The van der Waals surface area contributed by atoms with E-state index in [2.05, 4.69) is 0 Å². The summed E-state index contributed by atoms with van der Waals surface area (Å²) in [5.74, 6) is 0. The van der Waals surface area contributed by atoms with Crippen LogP contribution in [0.5, 0.6) is 0 Å². The zero-order valence-corrected chi connectivity index (χ0v) is 11.2. The van der Waals surface area contributed by atoms with E-state index < -0.39 is 0 Å². The van der Waals surface area contributed by atoms with Gasteiger partial charge in [-0.1, -0.05) is 58.6 Å². The van der Waals surface area contributed by atoms with Gasteiger partial charge < -0.3 is 0 Å². The third-order valence-corrected chi connectivity index (χ3v) is 3.65. The van der Waals surface area contributed by atoms with Gasteiger partial charge in [-0.2, -0.15) is 0 Å². The van der Waals surface area contributed by atoms with Gasteiger partial charge in [-0.25, -0.2) is 0 Å². The van der Waals surface area contributed by atoms with Crippen molar-refractivity contribution in [3.8, 4) is 0 Å². The van der Waals surface area contributed by atoms with Crippen LogP contribution in [-0.4, -0.2) is 0 Å². The first-order chi connectivity index (χ1) is 7.07. The topological polar surface area (TPSA) is 0 Å². The summed E-state index contributed by atoms with van der Waals surface area (Å²) in [5, 5.41) is 1.88. The van der Waals surface area contributed by atoms with Gasteiger partial charge in [0.05, 0.1) is 20.1 Å². The van der Waals surface area contributed by atoms with Crippen LogP contribution in [0.1, 0.15) is 18.9 Å². The van der Waals surface area contributed by atoms with E-state index in [4.69, 9.17) is 46.4 Å². The molecule has 0 unspecified atom stereocenters. The highest BCUT2D eigenvalue weighted by Gasteiger charge is 2.12. The first-order valence-electron chi connectivity index (χ1n) is 4.51. The largest absolute Gasteiger partial charge is 0.0917 e. The van der Waals surface area contributed by atoms with Gasteiger partial charge in [0, 0.05) is 0 Å².